The molecule has 0 spiro atoms. The van der Waals surface area contributed by atoms with Crippen molar-refractivity contribution in [2.75, 3.05) is 13.1 Å². The van der Waals surface area contributed by atoms with Gasteiger partial charge in [0.1, 0.15) is 0 Å². The van der Waals surface area contributed by atoms with Crippen LogP contribution in [0.2, 0.25) is 0 Å². The zero-order chi connectivity index (χ0) is 10.5. The van der Waals surface area contributed by atoms with Crippen LogP contribution in [0.15, 0.2) is 0 Å². The van der Waals surface area contributed by atoms with E-state index in [2.05, 4.69) is 0 Å². The second-order valence-corrected chi connectivity index (χ2v) is 4.11. The van der Waals surface area contributed by atoms with E-state index in [0.717, 1.165) is 13.1 Å². The third-order valence-corrected chi connectivity index (χ3v) is 2.66. The molecule has 0 aromatic heterocycles. The van der Waals surface area contributed by atoms with Gasteiger partial charge in [-0.25, -0.2) is 0 Å². The van der Waals surface area contributed by atoms with Gasteiger partial charge in [-0.05, 0) is 25.9 Å². The molecule has 0 atom stereocenters. The van der Waals surface area contributed by atoms with E-state index in [4.69, 9.17) is 11.5 Å². The molecule has 2 nitrogen and oxygen atoms in total. The molecule has 0 saturated carbocycles. The minimum absolute atomic E-state index is 0. The highest BCUT2D eigenvalue weighted by Crippen LogP contribution is 2.09. The van der Waals surface area contributed by atoms with Gasteiger partial charge in [-0.15, -0.1) is 12.4 Å². The van der Waals surface area contributed by atoms with E-state index in [1.54, 1.807) is 0 Å². The highest BCUT2D eigenvalue weighted by atomic mass is 35.5. The van der Waals surface area contributed by atoms with E-state index in [1.165, 1.54) is 64.2 Å². The smallest absolute Gasteiger partial charge is 0.00773 e. The van der Waals surface area contributed by atoms with Crippen LogP contribution in [0.25, 0.3) is 0 Å². The standard InChI is InChI=1S/C12H28N2.ClH/c13-11-9-7-5-3-1-2-4-6-8-10-12-14;/h1-14H2;1H. The summed E-state index contributed by atoms with van der Waals surface area (Å²) in [6.45, 7) is 1.72. The molecule has 0 saturated heterocycles. The van der Waals surface area contributed by atoms with Gasteiger partial charge in [0.15, 0.2) is 0 Å². The summed E-state index contributed by atoms with van der Waals surface area (Å²) in [6, 6.07) is 0. The van der Waals surface area contributed by atoms with Crippen LogP contribution in [0, 0.1) is 0 Å². The first kappa shape index (κ1) is 17.6. The molecule has 0 bridgehead atoms. The minimum Gasteiger partial charge on any atom is -0.330 e. The lowest BCUT2D eigenvalue weighted by atomic mass is 10.1. The van der Waals surface area contributed by atoms with Gasteiger partial charge in [0.05, 0.1) is 0 Å². The normalized spacial score (nSPS) is 10.0. The average Bonchev–Trinajstić information content (AvgIpc) is 2.21. The Morgan fingerprint density at radius 1 is 0.400 bits per heavy atom. The third kappa shape index (κ3) is 16.9. The molecule has 0 unspecified atom stereocenters. The lowest BCUT2D eigenvalue weighted by molar-refractivity contribution is 0.554. The second-order valence-electron chi connectivity index (χ2n) is 4.11. The van der Waals surface area contributed by atoms with E-state index >= 15 is 0 Å². The SMILES string of the molecule is Cl.NCCCCCCCCCCCCN. The zero-order valence-electron chi connectivity index (χ0n) is 10.0. The fourth-order valence-electron chi connectivity index (χ4n) is 1.70. The lowest BCUT2D eigenvalue weighted by Crippen LogP contribution is -1.97. The summed E-state index contributed by atoms with van der Waals surface area (Å²) >= 11 is 0. The van der Waals surface area contributed by atoms with Crippen molar-refractivity contribution in [1.29, 1.82) is 0 Å². The zero-order valence-corrected chi connectivity index (χ0v) is 10.9. The first-order valence-corrected chi connectivity index (χ1v) is 6.32. The summed E-state index contributed by atoms with van der Waals surface area (Å²) in [5, 5.41) is 0. The van der Waals surface area contributed by atoms with Gasteiger partial charge in [0, 0.05) is 0 Å². The molecule has 0 rings (SSSR count). The Morgan fingerprint density at radius 3 is 0.800 bits per heavy atom. The number of unbranched alkanes of at least 4 members (excludes halogenated alkanes) is 9. The number of hydrogen-bond acceptors (Lipinski definition) is 2. The maximum atomic E-state index is 5.43. The van der Waals surface area contributed by atoms with Crippen molar-refractivity contribution in [2.24, 2.45) is 11.5 Å². The second kappa shape index (κ2) is 16.6. The Morgan fingerprint density at radius 2 is 0.600 bits per heavy atom. The average molecular weight is 237 g/mol. The van der Waals surface area contributed by atoms with Crippen molar-refractivity contribution in [1.82, 2.24) is 0 Å². The van der Waals surface area contributed by atoms with Gasteiger partial charge in [-0.2, -0.15) is 0 Å². The number of nitrogens with two attached hydrogens (primary N) is 2. The predicted molar refractivity (Wildman–Crippen MR) is 71.5 cm³/mol. The monoisotopic (exact) mass is 236 g/mol. The Hall–Kier alpha value is 0.210. The summed E-state index contributed by atoms with van der Waals surface area (Å²) in [7, 11) is 0. The van der Waals surface area contributed by atoms with Crippen LogP contribution in [-0.4, -0.2) is 13.1 Å². The summed E-state index contributed by atoms with van der Waals surface area (Å²) in [4.78, 5) is 0. The van der Waals surface area contributed by atoms with E-state index in [1.807, 2.05) is 0 Å². The molecule has 0 aromatic carbocycles. The molecule has 94 valence electrons. The summed E-state index contributed by atoms with van der Waals surface area (Å²) in [5.41, 5.74) is 10.9. The van der Waals surface area contributed by atoms with E-state index in [0.29, 0.717) is 0 Å². The van der Waals surface area contributed by atoms with Crippen molar-refractivity contribution < 1.29 is 0 Å². The van der Waals surface area contributed by atoms with Gasteiger partial charge < -0.3 is 11.5 Å². The van der Waals surface area contributed by atoms with Crippen molar-refractivity contribution in [3.05, 3.63) is 0 Å². The maximum absolute atomic E-state index is 5.43. The number of halogens is 1. The molecule has 0 aliphatic heterocycles. The molecule has 0 aliphatic rings. The molecular weight excluding hydrogens is 208 g/mol. The molecule has 0 heterocycles. The molecule has 4 N–H and O–H groups in total. The van der Waals surface area contributed by atoms with E-state index < -0.39 is 0 Å². The third-order valence-electron chi connectivity index (χ3n) is 2.66. The molecule has 15 heavy (non-hydrogen) atoms. The fraction of sp³-hybridized carbons (Fsp3) is 1.00. The Bertz CT molecular complexity index is 87.6. The number of hydrogen-bond donors (Lipinski definition) is 2. The molecular formula is C12H29ClN2. The largest absolute Gasteiger partial charge is 0.330 e. The molecule has 0 radical (unpaired) electrons. The quantitative estimate of drug-likeness (QED) is 0.542. The van der Waals surface area contributed by atoms with Crippen LogP contribution < -0.4 is 11.5 Å². The van der Waals surface area contributed by atoms with Crippen LogP contribution >= 0.6 is 12.4 Å². The topological polar surface area (TPSA) is 52.0 Å². The Labute approximate surface area is 102 Å². The lowest BCUT2D eigenvalue weighted by Gasteiger charge is -2.01. The van der Waals surface area contributed by atoms with Gasteiger partial charge in [0.2, 0.25) is 0 Å². The molecule has 0 aromatic rings. The Kier molecular flexibility index (Phi) is 19.5. The summed E-state index contributed by atoms with van der Waals surface area (Å²) < 4.78 is 0. The van der Waals surface area contributed by atoms with Crippen LogP contribution in [-0.2, 0) is 0 Å². The first-order chi connectivity index (χ1) is 6.91. The first-order valence-electron chi connectivity index (χ1n) is 6.32. The van der Waals surface area contributed by atoms with Crippen molar-refractivity contribution in [3.8, 4) is 0 Å². The summed E-state index contributed by atoms with van der Waals surface area (Å²) in [6.07, 6.45) is 13.4. The maximum Gasteiger partial charge on any atom is -0.00773 e. The van der Waals surface area contributed by atoms with Crippen LogP contribution in [0.5, 0.6) is 0 Å². The van der Waals surface area contributed by atoms with E-state index in [-0.39, 0.29) is 12.4 Å². The van der Waals surface area contributed by atoms with Crippen molar-refractivity contribution >= 4 is 12.4 Å². The Balaban J connectivity index is 0. The van der Waals surface area contributed by atoms with Crippen molar-refractivity contribution in [2.45, 2.75) is 64.2 Å². The van der Waals surface area contributed by atoms with Crippen LogP contribution in [0.1, 0.15) is 64.2 Å². The predicted octanol–water partition coefficient (Wildman–Crippen LogP) is 3.23. The molecule has 0 fully saturated rings. The van der Waals surface area contributed by atoms with E-state index in [9.17, 15) is 0 Å². The van der Waals surface area contributed by atoms with Crippen LogP contribution in [0.4, 0.5) is 0 Å². The summed E-state index contributed by atoms with van der Waals surface area (Å²) in [5.74, 6) is 0. The highest BCUT2D eigenvalue weighted by Gasteiger charge is 1.91. The molecule has 3 heteroatoms. The van der Waals surface area contributed by atoms with Crippen LogP contribution in [0.3, 0.4) is 0 Å². The molecule has 0 aliphatic carbocycles. The fourth-order valence-corrected chi connectivity index (χ4v) is 1.70. The van der Waals surface area contributed by atoms with Gasteiger partial charge in [-0.3, -0.25) is 0 Å². The van der Waals surface area contributed by atoms with Gasteiger partial charge in [-0.1, -0.05) is 51.4 Å². The van der Waals surface area contributed by atoms with Crippen molar-refractivity contribution in [3.63, 3.8) is 0 Å². The highest BCUT2D eigenvalue weighted by molar-refractivity contribution is 5.85. The number of rotatable bonds is 11. The molecule has 0 amide bonds. The van der Waals surface area contributed by atoms with Gasteiger partial charge in [0.25, 0.3) is 0 Å². The minimum atomic E-state index is 0. The van der Waals surface area contributed by atoms with Gasteiger partial charge >= 0.3 is 0 Å².